The molecule has 1 aromatic rings. The molecule has 0 radical (unpaired) electrons. The highest BCUT2D eigenvalue weighted by Crippen LogP contribution is 2.19. The number of carbonyl (C=O) groups excluding carboxylic acids is 1. The number of anilines is 1. The highest BCUT2D eigenvalue weighted by Gasteiger charge is 2.29. The van der Waals surface area contributed by atoms with Crippen LogP contribution in [-0.2, 0) is 4.79 Å². The minimum absolute atomic E-state index is 0.0499. The normalized spacial score (nSPS) is 21.4. The maximum atomic E-state index is 12.1. The average molecular weight is 254 g/mol. The van der Waals surface area contributed by atoms with E-state index in [1.54, 1.807) is 12.1 Å². The average Bonchev–Trinajstić information content (AvgIpc) is 2.85. The number of nitrogens with zero attached hydrogens (tertiary/aromatic N) is 2. The van der Waals surface area contributed by atoms with E-state index >= 15 is 0 Å². The topological polar surface area (TPSA) is 88.7 Å². The first-order chi connectivity index (χ1) is 9.15. The molecule has 1 aliphatic heterocycles. The first kappa shape index (κ1) is 13.1. The van der Waals surface area contributed by atoms with Gasteiger partial charge >= 0.3 is 0 Å². The van der Waals surface area contributed by atoms with Crippen molar-refractivity contribution in [3.8, 4) is 12.1 Å². The van der Waals surface area contributed by atoms with Gasteiger partial charge in [0.1, 0.15) is 12.1 Å². The number of rotatable bonds is 2. The van der Waals surface area contributed by atoms with E-state index in [1.807, 2.05) is 19.1 Å². The van der Waals surface area contributed by atoms with E-state index in [1.165, 1.54) is 6.07 Å². The second kappa shape index (κ2) is 5.51. The van der Waals surface area contributed by atoms with Gasteiger partial charge in [0.2, 0.25) is 5.91 Å². The van der Waals surface area contributed by atoms with E-state index in [9.17, 15) is 4.79 Å². The van der Waals surface area contributed by atoms with Crippen molar-refractivity contribution in [2.24, 2.45) is 5.92 Å². The smallest absolute Gasteiger partial charge is 0.229 e. The van der Waals surface area contributed by atoms with Crippen LogP contribution in [-0.4, -0.2) is 18.5 Å². The minimum Gasteiger partial charge on any atom is -0.326 e. The molecule has 2 unspecified atom stereocenters. The Morgan fingerprint density at radius 1 is 1.37 bits per heavy atom. The minimum atomic E-state index is -0.0545. The van der Waals surface area contributed by atoms with Gasteiger partial charge < -0.3 is 10.6 Å². The Hall–Kier alpha value is -2.37. The second-order valence-corrected chi connectivity index (χ2v) is 4.61. The van der Waals surface area contributed by atoms with Gasteiger partial charge in [-0.2, -0.15) is 10.5 Å². The van der Waals surface area contributed by atoms with Crippen molar-refractivity contribution in [3.63, 3.8) is 0 Å². The summed E-state index contributed by atoms with van der Waals surface area (Å²) >= 11 is 0. The van der Waals surface area contributed by atoms with E-state index < -0.39 is 0 Å². The molecule has 1 aliphatic rings. The van der Waals surface area contributed by atoms with Gasteiger partial charge in [-0.1, -0.05) is 0 Å². The lowest BCUT2D eigenvalue weighted by atomic mass is 10.0. The maximum Gasteiger partial charge on any atom is 0.229 e. The van der Waals surface area contributed by atoms with Gasteiger partial charge in [-0.05, 0) is 38.1 Å². The third kappa shape index (κ3) is 2.73. The summed E-state index contributed by atoms with van der Waals surface area (Å²) < 4.78 is 0. The Bertz CT molecular complexity index is 582. The van der Waals surface area contributed by atoms with Crippen LogP contribution < -0.4 is 10.6 Å². The monoisotopic (exact) mass is 254 g/mol. The first-order valence-corrected chi connectivity index (χ1v) is 6.14. The number of amides is 1. The van der Waals surface area contributed by atoms with Gasteiger partial charge in [0, 0.05) is 11.7 Å². The standard InChI is InChI=1S/C14H14N4O/c1-9-13(4-5-17-9)14(19)18-12-3-2-10(7-15)11(6-12)8-16/h2-3,6,9,13,17H,4-5H2,1H3,(H,18,19). The molecular weight excluding hydrogens is 240 g/mol. The summed E-state index contributed by atoms with van der Waals surface area (Å²) in [4.78, 5) is 12.1. The van der Waals surface area contributed by atoms with E-state index in [-0.39, 0.29) is 23.4 Å². The number of hydrogen-bond donors (Lipinski definition) is 2. The molecule has 2 N–H and O–H groups in total. The molecule has 0 aromatic heterocycles. The number of carbonyl (C=O) groups is 1. The lowest BCUT2D eigenvalue weighted by Crippen LogP contribution is -2.32. The van der Waals surface area contributed by atoms with Crippen molar-refractivity contribution in [1.82, 2.24) is 5.32 Å². The summed E-state index contributed by atoms with van der Waals surface area (Å²) in [7, 11) is 0. The predicted octanol–water partition coefficient (Wildman–Crippen LogP) is 1.37. The first-order valence-electron chi connectivity index (χ1n) is 6.14. The van der Waals surface area contributed by atoms with Crippen molar-refractivity contribution < 1.29 is 4.79 Å². The number of benzene rings is 1. The molecule has 2 rings (SSSR count). The number of hydrogen-bond acceptors (Lipinski definition) is 4. The van der Waals surface area contributed by atoms with Crippen LogP contribution in [0.4, 0.5) is 5.69 Å². The third-order valence-electron chi connectivity index (χ3n) is 3.39. The molecule has 2 atom stereocenters. The molecule has 1 fully saturated rings. The number of nitriles is 2. The summed E-state index contributed by atoms with van der Waals surface area (Å²) in [5, 5.41) is 23.8. The zero-order valence-electron chi connectivity index (χ0n) is 10.6. The molecule has 5 nitrogen and oxygen atoms in total. The highest BCUT2D eigenvalue weighted by atomic mass is 16.1. The maximum absolute atomic E-state index is 12.1. The van der Waals surface area contributed by atoms with Gasteiger partial charge in [0.15, 0.2) is 0 Å². The molecule has 0 saturated carbocycles. The Labute approximate surface area is 111 Å². The van der Waals surface area contributed by atoms with Crippen molar-refractivity contribution in [2.45, 2.75) is 19.4 Å². The lowest BCUT2D eigenvalue weighted by molar-refractivity contribution is -0.119. The van der Waals surface area contributed by atoms with Crippen LogP contribution in [0.1, 0.15) is 24.5 Å². The Kier molecular flexibility index (Phi) is 3.79. The van der Waals surface area contributed by atoms with E-state index in [2.05, 4.69) is 10.6 Å². The van der Waals surface area contributed by atoms with Crippen LogP contribution in [0, 0.1) is 28.6 Å². The van der Waals surface area contributed by atoms with Crippen molar-refractivity contribution in [1.29, 1.82) is 10.5 Å². The molecule has 0 aliphatic carbocycles. The molecule has 1 saturated heterocycles. The molecule has 5 heteroatoms. The third-order valence-corrected chi connectivity index (χ3v) is 3.39. The summed E-state index contributed by atoms with van der Waals surface area (Å²) in [6.45, 7) is 2.83. The van der Waals surface area contributed by atoms with Gasteiger partial charge in [-0.25, -0.2) is 0 Å². The van der Waals surface area contributed by atoms with Crippen molar-refractivity contribution in [3.05, 3.63) is 29.3 Å². The fourth-order valence-corrected chi connectivity index (χ4v) is 2.26. The van der Waals surface area contributed by atoms with Gasteiger partial charge in [0.05, 0.1) is 17.0 Å². The van der Waals surface area contributed by atoms with Gasteiger partial charge in [-0.15, -0.1) is 0 Å². The van der Waals surface area contributed by atoms with Crippen molar-refractivity contribution >= 4 is 11.6 Å². The zero-order chi connectivity index (χ0) is 13.8. The van der Waals surface area contributed by atoms with Crippen LogP contribution in [0.3, 0.4) is 0 Å². The highest BCUT2D eigenvalue weighted by molar-refractivity contribution is 5.93. The quantitative estimate of drug-likeness (QED) is 0.834. The van der Waals surface area contributed by atoms with Gasteiger partial charge in [0.25, 0.3) is 0 Å². The SMILES string of the molecule is CC1NCCC1C(=O)Nc1ccc(C#N)c(C#N)c1. The Balaban J connectivity index is 2.14. The zero-order valence-corrected chi connectivity index (χ0v) is 10.6. The summed E-state index contributed by atoms with van der Waals surface area (Å²) in [5.41, 5.74) is 1.15. The fourth-order valence-electron chi connectivity index (χ4n) is 2.26. The van der Waals surface area contributed by atoms with E-state index in [0.717, 1.165) is 13.0 Å². The van der Waals surface area contributed by atoms with E-state index in [0.29, 0.717) is 11.3 Å². The summed E-state index contributed by atoms with van der Waals surface area (Å²) in [6, 6.07) is 8.78. The molecule has 0 bridgehead atoms. The number of nitrogens with one attached hydrogen (secondary N) is 2. The summed E-state index contributed by atoms with van der Waals surface area (Å²) in [5.74, 6) is -0.104. The van der Waals surface area contributed by atoms with E-state index in [4.69, 9.17) is 10.5 Å². The Morgan fingerprint density at radius 3 is 2.68 bits per heavy atom. The van der Waals surface area contributed by atoms with Gasteiger partial charge in [-0.3, -0.25) is 4.79 Å². The molecule has 1 aromatic carbocycles. The summed E-state index contributed by atoms with van der Waals surface area (Å²) in [6.07, 6.45) is 0.814. The predicted molar refractivity (Wildman–Crippen MR) is 70.1 cm³/mol. The van der Waals surface area contributed by atoms with Crippen LogP contribution in [0.2, 0.25) is 0 Å². The van der Waals surface area contributed by atoms with Crippen LogP contribution >= 0.6 is 0 Å². The van der Waals surface area contributed by atoms with Crippen molar-refractivity contribution in [2.75, 3.05) is 11.9 Å². The molecule has 1 amide bonds. The van der Waals surface area contributed by atoms with Crippen LogP contribution in [0.5, 0.6) is 0 Å². The molecular formula is C14H14N4O. The molecule has 1 heterocycles. The molecule has 19 heavy (non-hydrogen) atoms. The molecule has 96 valence electrons. The Morgan fingerprint density at radius 2 is 2.11 bits per heavy atom. The largest absolute Gasteiger partial charge is 0.326 e. The second-order valence-electron chi connectivity index (χ2n) is 4.61. The van der Waals surface area contributed by atoms with Crippen LogP contribution in [0.25, 0.3) is 0 Å². The fraction of sp³-hybridized carbons (Fsp3) is 0.357. The molecule has 0 spiro atoms. The van der Waals surface area contributed by atoms with Crippen LogP contribution in [0.15, 0.2) is 18.2 Å². The lowest BCUT2D eigenvalue weighted by Gasteiger charge is -2.15.